The monoisotopic (exact) mass is 259 g/mol. The molecule has 1 saturated heterocycles. The molecule has 3 N–H and O–H groups in total. The molecule has 1 aromatic rings. The minimum atomic E-state index is -1.15. The van der Waals surface area contributed by atoms with Gasteiger partial charge in [0.1, 0.15) is 6.04 Å². The molecule has 0 spiro atoms. The molecule has 92 valence electrons. The second kappa shape index (κ2) is 4.59. The van der Waals surface area contributed by atoms with Crippen LogP contribution in [0.5, 0.6) is 0 Å². The number of carboxylic acids is 1. The maximum absolute atomic E-state index is 11.7. The molecule has 17 heavy (non-hydrogen) atoms. The Kier molecular flexibility index (Phi) is 3.15. The molecule has 2 amide bonds. The van der Waals surface area contributed by atoms with Crippen LogP contribution in [0.15, 0.2) is 0 Å². The first-order valence-electron chi connectivity index (χ1n) is 4.71. The van der Waals surface area contributed by atoms with E-state index in [9.17, 15) is 14.7 Å². The van der Waals surface area contributed by atoms with Crippen molar-refractivity contribution in [2.75, 3.05) is 11.9 Å². The molecule has 1 aliphatic heterocycles. The van der Waals surface area contributed by atoms with Gasteiger partial charge in [-0.05, 0) is 5.21 Å². The van der Waals surface area contributed by atoms with Gasteiger partial charge in [-0.3, -0.25) is 5.32 Å². The van der Waals surface area contributed by atoms with E-state index in [4.69, 9.17) is 5.11 Å². The normalized spacial score (nSPS) is 23.7. The fourth-order valence-electron chi connectivity index (χ4n) is 1.62. The summed E-state index contributed by atoms with van der Waals surface area (Å²) in [5, 5.41) is 27.6. The highest BCUT2D eigenvalue weighted by Crippen LogP contribution is 2.19. The van der Waals surface area contributed by atoms with Gasteiger partial charge in [0.25, 0.3) is 0 Å². The van der Waals surface area contributed by atoms with Crippen molar-refractivity contribution < 1.29 is 19.8 Å². The zero-order valence-corrected chi connectivity index (χ0v) is 9.29. The zero-order valence-electron chi connectivity index (χ0n) is 8.48. The number of nitrogens with one attached hydrogen (secondary N) is 1. The Morgan fingerprint density at radius 3 is 2.88 bits per heavy atom. The van der Waals surface area contributed by atoms with Gasteiger partial charge in [-0.2, -0.15) is 0 Å². The van der Waals surface area contributed by atoms with Crippen molar-refractivity contribution in [2.45, 2.75) is 18.6 Å². The Bertz CT molecular complexity index is 424. The average molecular weight is 259 g/mol. The lowest BCUT2D eigenvalue weighted by Gasteiger charge is -2.20. The van der Waals surface area contributed by atoms with E-state index in [0.717, 1.165) is 16.4 Å². The number of rotatable bonds is 2. The van der Waals surface area contributed by atoms with Crippen molar-refractivity contribution in [2.24, 2.45) is 0 Å². The lowest BCUT2D eigenvalue weighted by atomic mass is 10.2. The number of urea groups is 1. The van der Waals surface area contributed by atoms with Gasteiger partial charge in [0, 0.05) is 24.5 Å². The second-order valence-electron chi connectivity index (χ2n) is 3.49. The van der Waals surface area contributed by atoms with Crippen LogP contribution >= 0.6 is 11.5 Å². The molecule has 0 aliphatic carbocycles. The number of aromatic nitrogens is 3. The van der Waals surface area contributed by atoms with Crippen LogP contribution in [-0.2, 0) is 4.79 Å². The number of likely N-dealkylation sites (tertiary alicyclic amines) is 1. The molecule has 2 atom stereocenters. The van der Waals surface area contributed by atoms with Crippen LogP contribution < -0.4 is 5.32 Å². The summed E-state index contributed by atoms with van der Waals surface area (Å²) in [7, 11) is 0. The first-order chi connectivity index (χ1) is 8.08. The van der Waals surface area contributed by atoms with Gasteiger partial charge in [-0.25, -0.2) is 9.59 Å². The molecule has 10 heteroatoms. The number of hydrogen-bond acceptors (Lipinski definition) is 7. The summed E-state index contributed by atoms with van der Waals surface area (Å²) < 4.78 is 3.45. The Morgan fingerprint density at radius 2 is 2.29 bits per heavy atom. The lowest BCUT2D eigenvalue weighted by Crippen LogP contribution is -2.43. The molecule has 0 radical (unpaired) electrons. The van der Waals surface area contributed by atoms with Gasteiger partial charge < -0.3 is 15.1 Å². The highest BCUT2D eigenvalue weighted by atomic mass is 32.1. The van der Waals surface area contributed by atoms with Crippen molar-refractivity contribution in [3.8, 4) is 0 Å². The topological polar surface area (TPSA) is 129 Å². The van der Waals surface area contributed by atoms with Crippen LogP contribution in [-0.4, -0.2) is 60.6 Å². The first kappa shape index (κ1) is 11.7. The van der Waals surface area contributed by atoms with Crippen LogP contribution in [0.1, 0.15) is 6.42 Å². The predicted molar refractivity (Wildman–Crippen MR) is 55.5 cm³/mol. The summed E-state index contributed by atoms with van der Waals surface area (Å²) in [6.45, 7) is -0.0188. The zero-order chi connectivity index (χ0) is 12.4. The Balaban J connectivity index is 2.05. The van der Waals surface area contributed by atoms with Crippen molar-refractivity contribution in [3.05, 3.63) is 0 Å². The van der Waals surface area contributed by atoms with Gasteiger partial charge in [0.15, 0.2) is 0 Å². The van der Waals surface area contributed by atoms with Gasteiger partial charge in [-0.15, -0.1) is 0 Å². The Labute approximate surface area is 99.2 Å². The highest BCUT2D eigenvalue weighted by molar-refractivity contribution is 7.09. The molecule has 1 fully saturated rings. The van der Waals surface area contributed by atoms with Crippen molar-refractivity contribution >= 4 is 28.7 Å². The Hall–Kier alpha value is -1.81. The summed E-state index contributed by atoms with van der Waals surface area (Å²) in [5.74, 6) is -1.15. The number of carboxylic acid groups (broad SMARTS) is 1. The second-order valence-corrected chi connectivity index (χ2v) is 4.23. The van der Waals surface area contributed by atoms with E-state index >= 15 is 0 Å². The molecule has 0 unspecified atom stereocenters. The molecule has 9 nitrogen and oxygen atoms in total. The van der Waals surface area contributed by atoms with Gasteiger partial charge in [-0.1, -0.05) is 9.59 Å². The number of amides is 2. The molecular weight excluding hydrogens is 250 g/mol. The fraction of sp³-hybridized carbons (Fsp3) is 0.571. The lowest BCUT2D eigenvalue weighted by molar-refractivity contribution is -0.141. The number of aliphatic carboxylic acids is 1. The third-order valence-electron chi connectivity index (χ3n) is 2.34. The molecule has 1 aliphatic rings. The smallest absolute Gasteiger partial charge is 0.326 e. The van der Waals surface area contributed by atoms with E-state index in [1.807, 2.05) is 0 Å². The highest BCUT2D eigenvalue weighted by Gasteiger charge is 2.39. The van der Waals surface area contributed by atoms with E-state index in [2.05, 4.69) is 20.1 Å². The summed E-state index contributed by atoms with van der Waals surface area (Å²) in [4.78, 5) is 23.7. The van der Waals surface area contributed by atoms with Crippen LogP contribution in [0.4, 0.5) is 9.93 Å². The number of aliphatic hydroxyl groups excluding tert-OH is 1. The van der Waals surface area contributed by atoms with Crippen LogP contribution in [0.2, 0.25) is 0 Å². The minimum Gasteiger partial charge on any atom is -0.480 e. The number of anilines is 1. The quantitative estimate of drug-likeness (QED) is 0.620. The Morgan fingerprint density at radius 1 is 1.53 bits per heavy atom. The number of aliphatic hydroxyl groups is 1. The minimum absolute atomic E-state index is 0.0188. The third-order valence-corrected chi connectivity index (χ3v) is 2.85. The van der Waals surface area contributed by atoms with E-state index in [0.29, 0.717) is 0 Å². The number of β-amino-alcohol motifs (C(OH)–C–C–N with tert-alkyl or cyclic N) is 1. The third kappa shape index (κ3) is 2.47. The van der Waals surface area contributed by atoms with E-state index in [-0.39, 0.29) is 18.1 Å². The summed E-state index contributed by atoms with van der Waals surface area (Å²) in [6.07, 6.45) is -0.800. The number of carbonyl (C=O) groups is 2. The van der Waals surface area contributed by atoms with E-state index in [1.54, 1.807) is 0 Å². The molecular formula is C7H9N5O4S. The molecule has 0 bridgehead atoms. The van der Waals surface area contributed by atoms with Crippen molar-refractivity contribution in [1.29, 1.82) is 0 Å². The van der Waals surface area contributed by atoms with E-state index < -0.39 is 24.1 Å². The van der Waals surface area contributed by atoms with Crippen molar-refractivity contribution in [1.82, 2.24) is 19.7 Å². The van der Waals surface area contributed by atoms with Crippen molar-refractivity contribution in [3.63, 3.8) is 0 Å². The average Bonchev–Trinajstić information content (AvgIpc) is 2.86. The molecule has 1 aromatic heterocycles. The van der Waals surface area contributed by atoms with Crippen LogP contribution in [0, 0.1) is 0 Å². The van der Waals surface area contributed by atoms with Gasteiger partial charge >= 0.3 is 12.0 Å². The van der Waals surface area contributed by atoms with Crippen LogP contribution in [0.3, 0.4) is 0 Å². The van der Waals surface area contributed by atoms with E-state index in [1.165, 1.54) is 0 Å². The predicted octanol–water partition coefficient (Wildman–Crippen LogP) is -1.02. The first-order valence-corrected chi connectivity index (χ1v) is 5.49. The largest absolute Gasteiger partial charge is 0.480 e. The number of nitrogens with zero attached hydrogens (tertiary/aromatic N) is 4. The summed E-state index contributed by atoms with van der Waals surface area (Å²) >= 11 is 0.880. The molecule has 0 aromatic carbocycles. The molecule has 2 heterocycles. The van der Waals surface area contributed by atoms with Gasteiger partial charge in [0.2, 0.25) is 5.13 Å². The number of hydrogen-bond donors (Lipinski definition) is 3. The van der Waals surface area contributed by atoms with Crippen LogP contribution in [0.25, 0.3) is 0 Å². The summed E-state index contributed by atoms with van der Waals surface area (Å²) in [6, 6.07) is -1.65. The number of carbonyl (C=O) groups excluding carboxylic acids is 1. The fourth-order valence-corrected chi connectivity index (χ4v) is 1.97. The molecule has 0 saturated carbocycles. The maximum Gasteiger partial charge on any atom is 0.326 e. The van der Waals surface area contributed by atoms with Gasteiger partial charge in [0.05, 0.1) is 6.10 Å². The maximum atomic E-state index is 11.7. The SMILES string of the molecule is O=C(O)[C@H]1C[C@@H](O)CN1C(=O)Nc1nnns1. The summed E-state index contributed by atoms with van der Waals surface area (Å²) in [5.41, 5.74) is 0. The standard InChI is InChI=1S/C7H9N5O4S/c13-3-1-4(5(14)15)12(2-3)7(16)8-6-9-10-11-17-6/h3-4,13H,1-2H2,(H,14,15)(H,8,9,11,16)/t3-,4-/m1/s1. The molecule has 2 rings (SSSR count).